The summed E-state index contributed by atoms with van der Waals surface area (Å²) in [4.78, 5) is 13.1. The van der Waals surface area contributed by atoms with Gasteiger partial charge >= 0.3 is 6.03 Å². The Labute approximate surface area is 131 Å². The molecule has 22 heavy (non-hydrogen) atoms. The fourth-order valence-corrected chi connectivity index (χ4v) is 2.56. The van der Waals surface area contributed by atoms with Crippen molar-refractivity contribution in [3.05, 3.63) is 52.5 Å². The van der Waals surface area contributed by atoms with E-state index in [4.69, 9.17) is 0 Å². The van der Waals surface area contributed by atoms with Crippen LogP contribution in [0.5, 0.6) is 0 Å². The monoisotopic (exact) mass is 314 g/mol. The van der Waals surface area contributed by atoms with E-state index < -0.39 is 0 Å². The third-order valence-electron chi connectivity index (χ3n) is 3.09. The topological polar surface area (TPSA) is 84.7 Å². The zero-order valence-electron chi connectivity index (χ0n) is 11.9. The number of anilines is 1. The predicted octanol–water partition coefficient (Wildman–Crippen LogP) is 2.35. The number of aryl methyl sites for hydroxylation is 1. The van der Waals surface area contributed by atoms with E-state index in [9.17, 15) is 4.79 Å². The molecule has 0 aliphatic rings. The summed E-state index contributed by atoms with van der Waals surface area (Å²) < 4.78 is 1.54. The summed E-state index contributed by atoms with van der Waals surface area (Å²) in [5, 5.41) is 18.7. The number of urea groups is 1. The van der Waals surface area contributed by atoms with Crippen molar-refractivity contribution < 1.29 is 4.79 Å². The fraction of sp³-hybridized carbons (Fsp3) is 0.143. The Morgan fingerprint density at radius 2 is 2.27 bits per heavy atom. The highest BCUT2D eigenvalue weighted by Crippen LogP contribution is 2.18. The van der Waals surface area contributed by atoms with Crippen molar-refractivity contribution in [1.82, 2.24) is 25.5 Å². The first-order valence-electron chi connectivity index (χ1n) is 6.63. The van der Waals surface area contributed by atoms with Crippen LogP contribution >= 0.6 is 11.3 Å². The van der Waals surface area contributed by atoms with Crippen LogP contribution < -0.4 is 10.6 Å². The largest absolute Gasteiger partial charge is 0.333 e. The Morgan fingerprint density at radius 3 is 3.00 bits per heavy atom. The molecule has 2 N–H and O–H groups in total. The Hall–Kier alpha value is -2.74. The lowest BCUT2D eigenvalue weighted by Gasteiger charge is -2.11. The second-order valence-corrected chi connectivity index (χ2v) is 5.67. The van der Waals surface area contributed by atoms with Crippen molar-refractivity contribution in [3.8, 4) is 5.69 Å². The molecule has 0 saturated carbocycles. The molecule has 2 heterocycles. The first-order valence-corrected chi connectivity index (χ1v) is 7.51. The summed E-state index contributed by atoms with van der Waals surface area (Å²) >= 11 is 1.61. The molecule has 2 amide bonds. The smallest absolute Gasteiger partial charge is 0.319 e. The number of aromatic nitrogens is 4. The van der Waals surface area contributed by atoms with Gasteiger partial charge in [-0.15, -0.1) is 16.4 Å². The minimum Gasteiger partial charge on any atom is -0.333 e. The zero-order chi connectivity index (χ0) is 15.4. The number of nitrogens with zero attached hydrogens (tertiary/aromatic N) is 4. The van der Waals surface area contributed by atoms with Gasteiger partial charge in [-0.3, -0.25) is 0 Å². The lowest BCUT2D eigenvalue weighted by atomic mass is 10.2. The lowest BCUT2D eigenvalue weighted by molar-refractivity contribution is 0.252. The Bertz CT molecular complexity index is 754. The minimum absolute atomic E-state index is 0.245. The van der Waals surface area contributed by atoms with Gasteiger partial charge in [-0.2, -0.15) is 0 Å². The molecule has 3 rings (SSSR count). The number of carbonyl (C=O) groups is 1. The molecule has 7 nitrogen and oxygen atoms in total. The summed E-state index contributed by atoms with van der Waals surface area (Å²) in [6.07, 6.45) is 1.51. The third-order valence-corrected chi connectivity index (χ3v) is 3.96. The van der Waals surface area contributed by atoms with E-state index in [1.807, 2.05) is 42.6 Å². The van der Waals surface area contributed by atoms with E-state index in [0.717, 1.165) is 21.8 Å². The highest BCUT2D eigenvalue weighted by Gasteiger charge is 2.07. The van der Waals surface area contributed by atoms with E-state index >= 15 is 0 Å². The third kappa shape index (κ3) is 3.29. The van der Waals surface area contributed by atoms with Crippen LogP contribution in [0.4, 0.5) is 10.5 Å². The van der Waals surface area contributed by atoms with E-state index in [0.29, 0.717) is 6.54 Å². The van der Waals surface area contributed by atoms with Crippen LogP contribution in [0.2, 0.25) is 0 Å². The molecule has 0 aliphatic heterocycles. The normalized spacial score (nSPS) is 10.4. The molecule has 0 unspecified atom stereocenters. The maximum atomic E-state index is 12.0. The Balaban J connectivity index is 1.68. The molecule has 0 aliphatic carbocycles. The number of hydrogen-bond acceptors (Lipinski definition) is 5. The van der Waals surface area contributed by atoms with Gasteiger partial charge < -0.3 is 10.6 Å². The van der Waals surface area contributed by atoms with Gasteiger partial charge in [0.2, 0.25) is 0 Å². The van der Waals surface area contributed by atoms with Crippen LogP contribution in [0.3, 0.4) is 0 Å². The molecule has 112 valence electrons. The predicted molar refractivity (Wildman–Crippen MR) is 84.1 cm³/mol. The van der Waals surface area contributed by atoms with Crippen molar-refractivity contribution in [1.29, 1.82) is 0 Å². The van der Waals surface area contributed by atoms with Crippen LogP contribution in [-0.2, 0) is 6.54 Å². The SMILES string of the molecule is Cc1ccc(-n2cnnn2)cc1NC(=O)NCc1cccs1. The van der Waals surface area contributed by atoms with Crippen molar-refractivity contribution in [2.24, 2.45) is 0 Å². The molecule has 2 aromatic heterocycles. The summed E-state index contributed by atoms with van der Waals surface area (Å²) in [6, 6.07) is 9.32. The fourth-order valence-electron chi connectivity index (χ4n) is 1.91. The van der Waals surface area contributed by atoms with Crippen molar-refractivity contribution in [2.45, 2.75) is 13.5 Å². The first kappa shape index (κ1) is 14.2. The molecule has 0 bridgehead atoms. The van der Waals surface area contributed by atoms with E-state index in [2.05, 4.69) is 26.2 Å². The van der Waals surface area contributed by atoms with Gasteiger partial charge in [-0.05, 0) is 46.5 Å². The molecule has 3 aromatic rings. The number of hydrogen-bond donors (Lipinski definition) is 2. The van der Waals surface area contributed by atoms with Crippen LogP contribution in [0, 0.1) is 6.92 Å². The number of thiophene rings is 1. The van der Waals surface area contributed by atoms with Crippen LogP contribution in [0.15, 0.2) is 42.0 Å². The number of benzene rings is 1. The lowest BCUT2D eigenvalue weighted by Crippen LogP contribution is -2.28. The molecular weight excluding hydrogens is 300 g/mol. The molecular formula is C14H14N6OS. The average Bonchev–Trinajstić information content (AvgIpc) is 3.21. The number of nitrogens with one attached hydrogen (secondary N) is 2. The summed E-state index contributed by atoms with van der Waals surface area (Å²) in [5.41, 5.74) is 2.46. The Kier molecular flexibility index (Phi) is 4.10. The number of amides is 2. The molecule has 0 spiro atoms. The van der Waals surface area contributed by atoms with Crippen LogP contribution in [-0.4, -0.2) is 26.2 Å². The highest BCUT2D eigenvalue weighted by atomic mass is 32.1. The molecule has 0 atom stereocenters. The molecule has 1 aromatic carbocycles. The van der Waals surface area contributed by atoms with Crippen LogP contribution in [0.25, 0.3) is 5.69 Å². The van der Waals surface area contributed by atoms with Gasteiger partial charge in [-0.25, -0.2) is 9.48 Å². The van der Waals surface area contributed by atoms with E-state index in [1.165, 1.54) is 11.0 Å². The second-order valence-electron chi connectivity index (χ2n) is 4.64. The molecule has 8 heteroatoms. The van der Waals surface area contributed by atoms with Crippen LogP contribution in [0.1, 0.15) is 10.4 Å². The number of carbonyl (C=O) groups excluding carboxylic acids is 1. The summed E-state index contributed by atoms with van der Waals surface area (Å²) in [5.74, 6) is 0. The summed E-state index contributed by atoms with van der Waals surface area (Å²) in [7, 11) is 0. The van der Waals surface area contributed by atoms with Gasteiger partial charge in [0, 0.05) is 10.6 Å². The van der Waals surface area contributed by atoms with Gasteiger partial charge in [0.15, 0.2) is 0 Å². The minimum atomic E-state index is -0.245. The van der Waals surface area contributed by atoms with Gasteiger partial charge in [0.25, 0.3) is 0 Å². The standard InChI is InChI=1S/C14H14N6OS/c1-10-4-5-11(20-9-16-18-19-20)7-13(10)17-14(21)15-8-12-3-2-6-22-12/h2-7,9H,8H2,1H3,(H2,15,17,21). The summed E-state index contributed by atoms with van der Waals surface area (Å²) in [6.45, 7) is 2.44. The molecule has 0 saturated heterocycles. The first-order chi connectivity index (χ1) is 10.7. The Morgan fingerprint density at radius 1 is 1.36 bits per heavy atom. The van der Waals surface area contributed by atoms with Crippen molar-refractivity contribution in [2.75, 3.05) is 5.32 Å². The van der Waals surface area contributed by atoms with Gasteiger partial charge in [0.05, 0.1) is 12.2 Å². The average molecular weight is 314 g/mol. The quantitative estimate of drug-likeness (QED) is 0.774. The zero-order valence-corrected chi connectivity index (χ0v) is 12.7. The highest BCUT2D eigenvalue weighted by molar-refractivity contribution is 7.09. The van der Waals surface area contributed by atoms with Crippen molar-refractivity contribution >= 4 is 23.1 Å². The number of tetrazole rings is 1. The van der Waals surface area contributed by atoms with Gasteiger partial charge in [-0.1, -0.05) is 12.1 Å². The van der Waals surface area contributed by atoms with E-state index in [1.54, 1.807) is 11.3 Å². The maximum Gasteiger partial charge on any atom is 0.319 e. The molecule has 0 radical (unpaired) electrons. The number of rotatable bonds is 4. The van der Waals surface area contributed by atoms with E-state index in [-0.39, 0.29) is 6.03 Å². The van der Waals surface area contributed by atoms with Gasteiger partial charge in [0.1, 0.15) is 6.33 Å². The second kappa shape index (κ2) is 6.35. The maximum absolute atomic E-state index is 12.0. The van der Waals surface area contributed by atoms with Crippen molar-refractivity contribution in [3.63, 3.8) is 0 Å². The molecule has 0 fully saturated rings.